The summed E-state index contributed by atoms with van der Waals surface area (Å²) in [4.78, 5) is 17.8. The second-order valence-electron chi connectivity index (χ2n) is 7.30. The molecule has 0 atom stereocenters. The molecule has 2 aromatic carbocycles. The zero-order chi connectivity index (χ0) is 21.7. The fourth-order valence-corrected chi connectivity index (χ4v) is 3.37. The van der Waals surface area contributed by atoms with Crippen LogP contribution in [0.3, 0.4) is 0 Å². The molecule has 154 valence electrons. The normalized spacial score (nSPS) is 10.6. The Morgan fingerprint density at radius 2 is 1.83 bits per heavy atom. The van der Waals surface area contributed by atoms with Crippen molar-refractivity contribution in [2.24, 2.45) is 0 Å². The first-order chi connectivity index (χ1) is 14.4. The van der Waals surface area contributed by atoms with E-state index in [4.69, 9.17) is 5.21 Å². The van der Waals surface area contributed by atoms with Gasteiger partial charge in [0, 0.05) is 35.4 Å². The van der Waals surface area contributed by atoms with Crippen LogP contribution in [0, 0.1) is 6.92 Å². The molecule has 0 unspecified atom stereocenters. The van der Waals surface area contributed by atoms with Gasteiger partial charge in [-0.25, -0.2) is 5.48 Å². The van der Waals surface area contributed by atoms with Crippen LogP contribution in [0.1, 0.15) is 29.8 Å². The van der Waals surface area contributed by atoms with E-state index >= 15 is 0 Å². The molecular formula is C24H26N4O2. The molecule has 0 spiro atoms. The van der Waals surface area contributed by atoms with Crippen molar-refractivity contribution in [2.75, 3.05) is 10.2 Å². The van der Waals surface area contributed by atoms with Gasteiger partial charge in [-0.05, 0) is 79.9 Å². The Hall–Kier alpha value is -3.64. The average molecular weight is 402 g/mol. The number of rotatable bonds is 7. The Morgan fingerprint density at radius 1 is 1.10 bits per heavy atom. The van der Waals surface area contributed by atoms with E-state index < -0.39 is 5.91 Å². The van der Waals surface area contributed by atoms with Gasteiger partial charge in [-0.2, -0.15) is 0 Å². The summed E-state index contributed by atoms with van der Waals surface area (Å²) < 4.78 is 0. The number of carbonyl (C=O) groups is 1. The van der Waals surface area contributed by atoms with Crippen molar-refractivity contribution in [3.63, 3.8) is 0 Å². The van der Waals surface area contributed by atoms with E-state index in [1.807, 2.05) is 18.3 Å². The number of amides is 1. The third kappa shape index (κ3) is 4.67. The lowest BCUT2D eigenvalue weighted by atomic mass is 10.0. The molecule has 6 nitrogen and oxygen atoms in total. The van der Waals surface area contributed by atoms with Gasteiger partial charge < -0.3 is 10.2 Å². The van der Waals surface area contributed by atoms with Gasteiger partial charge in [-0.3, -0.25) is 15.0 Å². The summed E-state index contributed by atoms with van der Waals surface area (Å²) in [6.07, 6.45) is 3.62. The van der Waals surface area contributed by atoms with Crippen LogP contribution in [-0.2, 0) is 0 Å². The van der Waals surface area contributed by atoms with Crippen LogP contribution in [0.2, 0.25) is 0 Å². The fraction of sp³-hybridized carbons (Fsp3) is 0.167. The zero-order valence-corrected chi connectivity index (χ0v) is 17.4. The van der Waals surface area contributed by atoms with Gasteiger partial charge in [0.05, 0.1) is 0 Å². The van der Waals surface area contributed by atoms with E-state index in [2.05, 4.69) is 60.7 Å². The lowest BCUT2D eigenvalue weighted by Gasteiger charge is -2.32. The molecule has 1 amide bonds. The Labute approximate surface area is 176 Å². The Morgan fingerprint density at radius 3 is 2.40 bits per heavy atom. The average Bonchev–Trinajstić information content (AvgIpc) is 2.75. The minimum Gasteiger partial charge on any atom is -0.342 e. The standard InChI is InChI=1S/C24H26N4O2/c1-16(2)28(18(4)26-22-10-7-19(8-11-22)24(29)27-30)23-12-9-20(14-17(23)3)21-6-5-13-25-15-21/h5-16,26,30H,4H2,1-3H3,(H,27,29). The van der Waals surface area contributed by atoms with Crippen molar-refractivity contribution in [1.29, 1.82) is 0 Å². The highest BCUT2D eigenvalue weighted by atomic mass is 16.5. The summed E-state index contributed by atoms with van der Waals surface area (Å²) in [6, 6.07) is 17.3. The van der Waals surface area contributed by atoms with E-state index in [0.717, 1.165) is 33.9 Å². The van der Waals surface area contributed by atoms with Crippen LogP contribution in [0.5, 0.6) is 0 Å². The quantitative estimate of drug-likeness (QED) is 0.384. The lowest BCUT2D eigenvalue weighted by molar-refractivity contribution is 0.0706. The summed E-state index contributed by atoms with van der Waals surface area (Å²) in [5, 5.41) is 12.0. The highest BCUT2D eigenvalue weighted by Gasteiger charge is 2.17. The van der Waals surface area contributed by atoms with Gasteiger partial charge in [-0.1, -0.05) is 18.7 Å². The van der Waals surface area contributed by atoms with E-state index in [0.29, 0.717) is 5.56 Å². The number of anilines is 2. The summed E-state index contributed by atoms with van der Waals surface area (Å²) in [7, 11) is 0. The maximum Gasteiger partial charge on any atom is 0.274 e. The van der Waals surface area contributed by atoms with Crippen molar-refractivity contribution in [3.05, 3.63) is 90.5 Å². The van der Waals surface area contributed by atoms with Gasteiger partial charge in [-0.15, -0.1) is 0 Å². The zero-order valence-electron chi connectivity index (χ0n) is 17.4. The first kappa shape index (κ1) is 21.1. The second kappa shape index (κ2) is 9.24. The number of pyridine rings is 1. The number of hydroxylamine groups is 1. The van der Waals surface area contributed by atoms with E-state index in [-0.39, 0.29) is 6.04 Å². The van der Waals surface area contributed by atoms with Crippen LogP contribution in [0.25, 0.3) is 11.1 Å². The first-order valence-electron chi connectivity index (χ1n) is 9.71. The first-order valence-corrected chi connectivity index (χ1v) is 9.71. The predicted molar refractivity (Wildman–Crippen MR) is 120 cm³/mol. The van der Waals surface area contributed by atoms with Gasteiger partial charge in [0.2, 0.25) is 0 Å². The molecule has 0 saturated carbocycles. The Bertz CT molecular complexity index is 1030. The third-order valence-corrected chi connectivity index (χ3v) is 4.80. The lowest BCUT2D eigenvalue weighted by Crippen LogP contribution is -2.33. The van der Waals surface area contributed by atoms with E-state index in [1.54, 1.807) is 35.9 Å². The maximum absolute atomic E-state index is 11.5. The molecule has 0 bridgehead atoms. The summed E-state index contributed by atoms with van der Waals surface area (Å²) in [5.41, 5.74) is 7.18. The van der Waals surface area contributed by atoms with Crippen LogP contribution < -0.4 is 15.7 Å². The number of nitrogens with zero attached hydrogens (tertiary/aromatic N) is 2. The smallest absolute Gasteiger partial charge is 0.274 e. The van der Waals surface area contributed by atoms with Crippen molar-refractivity contribution >= 4 is 17.3 Å². The van der Waals surface area contributed by atoms with Crippen LogP contribution in [0.15, 0.2) is 79.4 Å². The van der Waals surface area contributed by atoms with Crippen molar-refractivity contribution in [2.45, 2.75) is 26.8 Å². The molecule has 0 aliphatic rings. The van der Waals surface area contributed by atoms with Gasteiger partial charge >= 0.3 is 0 Å². The number of hydrogen-bond donors (Lipinski definition) is 3. The number of benzene rings is 2. The molecule has 6 heteroatoms. The molecule has 0 fully saturated rings. The molecule has 3 N–H and O–H groups in total. The van der Waals surface area contributed by atoms with Gasteiger partial charge in [0.15, 0.2) is 0 Å². The van der Waals surface area contributed by atoms with Crippen molar-refractivity contribution in [1.82, 2.24) is 10.5 Å². The maximum atomic E-state index is 11.5. The van der Waals surface area contributed by atoms with Crippen molar-refractivity contribution < 1.29 is 10.0 Å². The topological polar surface area (TPSA) is 77.5 Å². The van der Waals surface area contributed by atoms with E-state index in [9.17, 15) is 4.79 Å². The summed E-state index contributed by atoms with van der Waals surface area (Å²) in [6.45, 7) is 10.5. The predicted octanol–water partition coefficient (Wildman–Crippen LogP) is 4.97. The van der Waals surface area contributed by atoms with Crippen LogP contribution in [0.4, 0.5) is 11.4 Å². The molecule has 1 heterocycles. The minimum atomic E-state index is -0.548. The molecule has 3 rings (SSSR count). The largest absolute Gasteiger partial charge is 0.342 e. The number of nitrogens with one attached hydrogen (secondary N) is 2. The molecule has 0 aliphatic carbocycles. The van der Waals surface area contributed by atoms with Crippen LogP contribution >= 0.6 is 0 Å². The highest BCUT2D eigenvalue weighted by Crippen LogP contribution is 2.30. The van der Waals surface area contributed by atoms with E-state index in [1.165, 1.54) is 0 Å². The Balaban J connectivity index is 1.83. The molecule has 0 saturated heterocycles. The number of carbonyl (C=O) groups excluding carboxylic acids is 1. The molecule has 1 aromatic heterocycles. The SMILES string of the molecule is C=C(Nc1ccc(C(=O)NO)cc1)N(c1ccc(-c2cccnc2)cc1C)C(C)C. The van der Waals surface area contributed by atoms with Crippen molar-refractivity contribution in [3.8, 4) is 11.1 Å². The minimum absolute atomic E-state index is 0.174. The second-order valence-corrected chi connectivity index (χ2v) is 7.30. The molecule has 3 aromatic rings. The summed E-state index contributed by atoms with van der Waals surface area (Å²) >= 11 is 0. The highest BCUT2D eigenvalue weighted by molar-refractivity contribution is 5.93. The number of aromatic nitrogens is 1. The number of hydrogen-bond acceptors (Lipinski definition) is 5. The fourth-order valence-electron chi connectivity index (χ4n) is 3.37. The number of aryl methyl sites for hydroxylation is 1. The van der Waals surface area contributed by atoms with Crippen LogP contribution in [-0.4, -0.2) is 22.1 Å². The molecule has 0 radical (unpaired) electrons. The van der Waals surface area contributed by atoms with Gasteiger partial charge in [0.25, 0.3) is 5.91 Å². The molecule has 0 aliphatic heterocycles. The molecular weight excluding hydrogens is 376 g/mol. The van der Waals surface area contributed by atoms with Gasteiger partial charge in [0.1, 0.15) is 5.82 Å². The Kier molecular flexibility index (Phi) is 6.49. The third-order valence-electron chi connectivity index (χ3n) is 4.80. The monoisotopic (exact) mass is 402 g/mol. The molecule has 30 heavy (non-hydrogen) atoms. The summed E-state index contributed by atoms with van der Waals surface area (Å²) in [5.74, 6) is 0.176.